The summed E-state index contributed by atoms with van der Waals surface area (Å²) in [5, 5.41) is 9.55. The molecule has 0 fully saturated rings. The van der Waals surface area contributed by atoms with Gasteiger partial charge >= 0.3 is 6.29 Å². The second kappa shape index (κ2) is 6.83. The Morgan fingerprint density at radius 3 is 2.68 bits per heavy atom. The van der Waals surface area contributed by atoms with E-state index >= 15 is 0 Å². The normalized spacial score (nSPS) is 18.6. The number of fused-ring (bicyclic) bond motifs is 1. The summed E-state index contributed by atoms with van der Waals surface area (Å²) in [6, 6.07) is 7.41. The van der Waals surface area contributed by atoms with Crippen LogP contribution < -0.4 is 19.9 Å². The van der Waals surface area contributed by atoms with Gasteiger partial charge in [0, 0.05) is 37.0 Å². The topological polar surface area (TPSA) is 69.0 Å². The van der Waals surface area contributed by atoms with E-state index < -0.39 is 29.4 Å². The summed E-state index contributed by atoms with van der Waals surface area (Å²) in [5.74, 6) is -1.68. The minimum atomic E-state index is -3.76. The molecule has 0 N–H and O–H groups in total. The Hall–Kier alpha value is -3.89. The standard InChI is InChI=1S/C20H12F4N4O3/c21-11-1-3-13(22)15(9-11)28-14(5-7-25-28)19-16(29)6-8-27(26-19)12-2-4-17-18(10-12)31-20(23,24)30-17/h1-4,6-10,14H,5H2. The van der Waals surface area contributed by atoms with E-state index in [1.54, 1.807) is 0 Å². The Morgan fingerprint density at radius 1 is 1.03 bits per heavy atom. The van der Waals surface area contributed by atoms with E-state index in [9.17, 15) is 22.4 Å². The molecule has 11 heteroatoms. The minimum absolute atomic E-state index is 0.0201. The van der Waals surface area contributed by atoms with Gasteiger partial charge in [-0.3, -0.25) is 9.80 Å². The molecule has 3 aromatic rings. The third kappa shape index (κ3) is 3.37. The Morgan fingerprint density at radius 2 is 1.84 bits per heavy atom. The second-order valence-corrected chi connectivity index (χ2v) is 6.80. The van der Waals surface area contributed by atoms with Crippen molar-refractivity contribution in [3.63, 3.8) is 0 Å². The zero-order valence-electron chi connectivity index (χ0n) is 15.5. The van der Waals surface area contributed by atoms with Crippen LogP contribution in [0.2, 0.25) is 0 Å². The third-order valence-corrected chi connectivity index (χ3v) is 4.79. The molecule has 2 aromatic carbocycles. The molecule has 7 nitrogen and oxygen atoms in total. The quantitative estimate of drug-likeness (QED) is 0.590. The van der Waals surface area contributed by atoms with Crippen LogP contribution in [0.15, 0.2) is 58.6 Å². The van der Waals surface area contributed by atoms with Crippen molar-refractivity contribution >= 4 is 11.9 Å². The van der Waals surface area contributed by atoms with Crippen LogP contribution in [0.5, 0.6) is 11.5 Å². The Kier molecular flexibility index (Phi) is 4.20. The van der Waals surface area contributed by atoms with Gasteiger partial charge in [0.25, 0.3) is 0 Å². The number of rotatable bonds is 3. The Labute approximate surface area is 171 Å². The molecule has 0 bridgehead atoms. The van der Waals surface area contributed by atoms with Crippen molar-refractivity contribution < 1.29 is 27.0 Å². The highest BCUT2D eigenvalue weighted by atomic mass is 19.3. The average Bonchev–Trinajstić information content (AvgIpc) is 3.32. The first-order valence-corrected chi connectivity index (χ1v) is 9.08. The fourth-order valence-corrected chi connectivity index (χ4v) is 3.41. The maximum absolute atomic E-state index is 14.3. The van der Waals surface area contributed by atoms with Gasteiger partial charge in [0.1, 0.15) is 23.4 Å². The fourth-order valence-electron chi connectivity index (χ4n) is 3.41. The molecule has 5 rings (SSSR count). The number of nitrogens with zero attached hydrogens (tertiary/aromatic N) is 4. The summed E-state index contributed by atoms with van der Waals surface area (Å²) in [7, 11) is 0. The molecule has 1 aromatic heterocycles. The first-order chi connectivity index (χ1) is 14.8. The zero-order chi connectivity index (χ0) is 21.8. The van der Waals surface area contributed by atoms with Crippen LogP contribution in [0.4, 0.5) is 23.2 Å². The molecule has 0 aliphatic carbocycles. The smallest absolute Gasteiger partial charge is 0.395 e. The monoisotopic (exact) mass is 432 g/mol. The maximum atomic E-state index is 14.3. The Bertz CT molecular complexity index is 1280. The maximum Gasteiger partial charge on any atom is 0.586 e. The van der Waals surface area contributed by atoms with Gasteiger partial charge in [-0.2, -0.15) is 10.2 Å². The number of hydrazone groups is 1. The van der Waals surface area contributed by atoms with Crippen molar-refractivity contribution in [2.24, 2.45) is 5.10 Å². The van der Waals surface area contributed by atoms with E-state index in [1.807, 2.05) is 0 Å². The molecule has 1 unspecified atom stereocenters. The fraction of sp³-hybridized carbons (Fsp3) is 0.150. The Balaban J connectivity index is 1.53. The summed E-state index contributed by atoms with van der Waals surface area (Å²) >= 11 is 0. The number of hydrogen-bond acceptors (Lipinski definition) is 6. The molecule has 0 spiro atoms. The highest BCUT2D eigenvalue weighted by Gasteiger charge is 2.43. The largest absolute Gasteiger partial charge is 0.586 e. The summed E-state index contributed by atoms with van der Waals surface area (Å²) in [6.07, 6.45) is -0.712. The van der Waals surface area contributed by atoms with E-state index in [2.05, 4.69) is 19.7 Å². The van der Waals surface area contributed by atoms with Gasteiger partial charge in [-0.1, -0.05) is 0 Å². The van der Waals surface area contributed by atoms with Crippen molar-refractivity contribution in [2.45, 2.75) is 18.8 Å². The van der Waals surface area contributed by atoms with Crippen LogP contribution in [0.3, 0.4) is 0 Å². The molecular formula is C20H12F4N4O3. The van der Waals surface area contributed by atoms with Crippen molar-refractivity contribution in [3.05, 3.63) is 76.2 Å². The van der Waals surface area contributed by atoms with E-state index in [0.29, 0.717) is 5.69 Å². The highest BCUT2D eigenvalue weighted by Crippen LogP contribution is 2.41. The summed E-state index contributed by atoms with van der Waals surface area (Å²) < 4.78 is 64.6. The van der Waals surface area contributed by atoms with Gasteiger partial charge in [-0.25, -0.2) is 13.5 Å². The number of halogens is 4. The van der Waals surface area contributed by atoms with Crippen LogP contribution in [0, 0.1) is 11.6 Å². The zero-order valence-corrected chi connectivity index (χ0v) is 15.5. The molecule has 1 atom stereocenters. The van der Waals surface area contributed by atoms with E-state index in [1.165, 1.54) is 46.4 Å². The second-order valence-electron chi connectivity index (χ2n) is 6.80. The van der Waals surface area contributed by atoms with E-state index in [0.717, 1.165) is 18.2 Å². The van der Waals surface area contributed by atoms with E-state index in [-0.39, 0.29) is 29.3 Å². The van der Waals surface area contributed by atoms with Gasteiger partial charge in [-0.05, 0) is 24.3 Å². The van der Waals surface area contributed by atoms with E-state index in [4.69, 9.17) is 0 Å². The van der Waals surface area contributed by atoms with Gasteiger partial charge in [-0.15, -0.1) is 8.78 Å². The molecule has 31 heavy (non-hydrogen) atoms. The van der Waals surface area contributed by atoms with Crippen molar-refractivity contribution in [2.75, 3.05) is 5.01 Å². The van der Waals surface area contributed by atoms with Gasteiger partial charge in [0.05, 0.1) is 11.4 Å². The van der Waals surface area contributed by atoms with Crippen LogP contribution >= 0.6 is 0 Å². The lowest BCUT2D eigenvalue weighted by Crippen LogP contribution is -2.28. The van der Waals surface area contributed by atoms with Crippen LogP contribution in [0.1, 0.15) is 18.2 Å². The summed E-state index contributed by atoms with van der Waals surface area (Å²) in [5.41, 5.74) is -0.239. The van der Waals surface area contributed by atoms with Gasteiger partial charge in [0.15, 0.2) is 11.5 Å². The molecule has 158 valence electrons. The number of anilines is 1. The van der Waals surface area contributed by atoms with Gasteiger partial charge in [0.2, 0.25) is 5.43 Å². The number of benzene rings is 2. The number of ether oxygens (including phenoxy) is 2. The number of aromatic nitrogens is 2. The lowest BCUT2D eigenvalue weighted by atomic mass is 10.1. The van der Waals surface area contributed by atoms with Crippen molar-refractivity contribution in [1.82, 2.24) is 9.78 Å². The van der Waals surface area contributed by atoms with Crippen LogP contribution in [-0.4, -0.2) is 22.3 Å². The van der Waals surface area contributed by atoms with Crippen molar-refractivity contribution in [3.8, 4) is 17.2 Å². The number of alkyl halides is 2. The van der Waals surface area contributed by atoms with Crippen molar-refractivity contribution in [1.29, 1.82) is 0 Å². The predicted octanol–water partition coefficient (Wildman–Crippen LogP) is 3.77. The number of hydrogen-bond donors (Lipinski definition) is 0. The average molecular weight is 432 g/mol. The molecule has 0 amide bonds. The molecule has 2 aliphatic rings. The predicted molar refractivity (Wildman–Crippen MR) is 101 cm³/mol. The highest BCUT2D eigenvalue weighted by molar-refractivity contribution is 5.67. The van der Waals surface area contributed by atoms with Crippen LogP contribution in [0.25, 0.3) is 5.69 Å². The van der Waals surface area contributed by atoms with Crippen LogP contribution in [-0.2, 0) is 0 Å². The SMILES string of the molecule is O=c1ccn(-c2ccc3c(c2)OC(F)(F)O3)nc1C1CC=NN1c1cc(F)ccc1F. The first kappa shape index (κ1) is 19.1. The molecule has 0 saturated carbocycles. The first-order valence-electron chi connectivity index (χ1n) is 9.08. The summed E-state index contributed by atoms with van der Waals surface area (Å²) in [4.78, 5) is 12.5. The third-order valence-electron chi connectivity index (χ3n) is 4.79. The lowest BCUT2D eigenvalue weighted by Gasteiger charge is -2.23. The lowest BCUT2D eigenvalue weighted by molar-refractivity contribution is -0.286. The van der Waals surface area contributed by atoms with Gasteiger partial charge < -0.3 is 9.47 Å². The summed E-state index contributed by atoms with van der Waals surface area (Å²) in [6.45, 7) is 0. The molecule has 2 aliphatic heterocycles. The minimum Gasteiger partial charge on any atom is -0.395 e. The molecular weight excluding hydrogens is 420 g/mol. The molecule has 0 saturated heterocycles. The molecule has 3 heterocycles. The molecule has 0 radical (unpaired) electrons.